The van der Waals surface area contributed by atoms with E-state index in [2.05, 4.69) is 15.1 Å². The molecule has 0 saturated carbocycles. The van der Waals surface area contributed by atoms with Crippen LogP contribution in [-0.2, 0) is 12.8 Å². The Hall–Kier alpha value is -3.68. The Labute approximate surface area is 172 Å². The van der Waals surface area contributed by atoms with Gasteiger partial charge in [-0.3, -0.25) is 4.79 Å². The highest BCUT2D eigenvalue weighted by Gasteiger charge is 2.18. The first-order valence-electron chi connectivity index (χ1n) is 9.50. The molecule has 2 aromatic carbocycles. The Morgan fingerprint density at radius 2 is 2.00 bits per heavy atom. The fourth-order valence-electron chi connectivity index (χ4n) is 3.16. The monoisotopic (exact) mass is 408 g/mol. The number of likely N-dealkylation sites (N-methyl/N-ethyl adjacent to an activating group) is 1. The number of amides is 1. The molecule has 7 nitrogen and oxygen atoms in total. The summed E-state index contributed by atoms with van der Waals surface area (Å²) in [4.78, 5) is 22.0. The topological polar surface area (TPSA) is 84.2 Å². The summed E-state index contributed by atoms with van der Waals surface area (Å²) in [5.41, 5.74) is 3.24. The SMILES string of the molecule is COc1ccc2nc(CCN(C)C(=O)c3cc(Cc4ccc(F)cc4)no3)[nH]c2c1. The summed E-state index contributed by atoms with van der Waals surface area (Å²) in [7, 11) is 3.32. The number of methoxy groups -OCH3 is 1. The van der Waals surface area contributed by atoms with Crippen molar-refractivity contribution in [2.24, 2.45) is 0 Å². The number of imidazole rings is 1. The number of hydrogen-bond acceptors (Lipinski definition) is 5. The zero-order chi connectivity index (χ0) is 21.1. The van der Waals surface area contributed by atoms with Crippen LogP contribution in [0.2, 0.25) is 0 Å². The molecule has 1 N–H and O–H groups in total. The van der Waals surface area contributed by atoms with Crippen LogP contribution in [0, 0.1) is 5.82 Å². The fourth-order valence-corrected chi connectivity index (χ4v) is 3.16. The van der Waals surface area contributed by atoms with Crippen molar-refractivity contribution >= 4 is 16.9 Å². The predicted octanol–water partition coefficient (Wildman–Crippen LogP) is 3.60. The third-order valence-corrected chi connectivity index (χ3v) is 4.84. The molecular weight excluding hydrogens is 387 g/mol. The lowest BCUT2D eigenvalue weighted by molar-refractivity contribution is 0.0754. The number of H-pyrrole nitrogens is 1. The second-order valence-electron chi connectivity index (χ2n) is 7.03. The molecule has 0 unspecified atom stereocenters. The van der Waals surface area contributed by atoms with Crippen LogP contribution in [0.3, 0.4) is 0 Å². The number of nitrogens with one attached hydrogen (secondary N) is 1. The normalized spacial score (nSPS) is 11.0. The highest BCUT2D eigenvalue weighted by molar-refractivity contribution is 5.91. The van der Waals surface area contributed by atoms with Gasteiger partial charge in [0.05, 0.1) is 23.8 Å². The van der Waals surface area contributed by atoms with Crippen LogP contribution in [0.15, 0.2) is 53.1 Å². The summed E-state index contributed by atoms with van der Waals surface area (Å²) in [5.74, 6) is 1.16. The lowest BCUT2D eigenvalue weighted by Crippen LogP contribution is -2.28. The molecule has 0 fully saturated rings. The molecule has 0 atom stereocenters. The maximum absolute atomic E-state index is 13.0. The summed E-state index contributed by atoms with van der Waals surface area (Å²) in [6.45, 7) is 0.462. The first-order valence-corrected chi connectivity index (χ1v) is 9.50. The van der Waals surface area contributed by atoms with Crippen LogP contribution in [0.1, 0.15) is 27.6 Å². The Bertz CT molecular complexity index is 1170. The first-order chi connectivity index (χ1) is 14.5. The summed E-state index contributed by atoms with van der Waals surface area (Å²) < 4.78 is 23.5. The van der Waals surface area contributed by atoms with E-state index in [0.29, 0.717) is 25.1 Å². The van der Waals surface area contributed by atoms with Crippen LogP contribution in [0.5, 0.6) is 5.75 Å². The average molecular weight is 408 g/mol. The number of nitrogens with zero attached hydrogens (tertiary/aromatic N) is 3. The van der Waals surface area contributed by atoms with E-state index in [9.17, 15) is 9.18 Å². The number of aromatic nitrogens is 3. The van der Waals surface area contributed by atoms with E-state index in [4.69, 9.17) is 9.26 Å². The summed E-state index contributed by atoms with van der Waals surface area (Å²) in [6.07, 6.45) is 1.03. The molecule has 0 saturated heterocycles. The van der Waals surface area contributed by atoms with Crippen LogP contribution < -0.4 is 4.74 Å². The van der Waals surface area contributed by atoms with Gasteiger partial charge in [0, 0.05) is 38.6 Å². The van der Waals surface area contributed by atoms with Crippen LogP contribution in [-0.4, -0.2) is 46.6 Å². The molecule has 8 heteroatoms. The second-order valence-corrected chi connectivity index (χ2v) is 7.03. The van der Waals surface area contributed by atoms with Crippen molar-refractivity contribution in [3.05, 3.63) is 77.2 Å². The van der Waals surface area contributed by atoms with Gasteiger partial charge < -0.3 is 19.1 Å². The molecule has 0 bridgehead atoms. The van der Waals surface area contributed by atoms with E-state index in [1.54, 1.807) is 37.3 Å². The zero-order valence-corrected chi connectivity index (χ0v) is 16.7. The van der Waals surface area contributed by atoms with Crippen LogP contribution in [0.25, 0.3) is 11.0 Å². The van der Waals surface area contributed by atoms with Crippen molar-refractivity contribution in [1.29, 1.82) is 0 Å². The minimum atomic E-state index is -0.292. The van der Waals surface area contributed by atoms with Gasteiger partial charge >= 0.3 is 0 Å². The van der Waals surface area contributed by atoms with E-state index in [0.717, 1.165) is 28.2 Å². The standard InChI is InChI=1S/C22H21FN4O3/c1-27(10-9-21-24-18-8-7-17(29-2)13-19(18)25-21)22(28)20-12-16(26-30-20)11-14-3-5-15(23)6-4-14/h3-8,12-13H,9-11H2,1-2H3,(H,24,25). The molecular formula is C22H21FN4O3. The maximum atomic E-state index is 13.0. The van der Waals surface area contributed by atoms with Crippen molar-refractivity contribution < 1.29 is 18.4 Å². The van der Waals surface area contributed by atoms with E-state index < -0.39 is 0 Å². The quantitative estimate of drug-likeness (QED) is 0.505. The lowest BCUT2D eigenvalue weighted by Gasteiger charge is -2.14. The molecule has 2 aromatic heterocycles. The molecule has 154 valence electrons. The predicted molar refractivity (Wildman–Crippen MR) is 109 cm³/mol. The average Bonchev–Trinajstić information content (AvgIpc) is 3.39. The van der Waals surface area contributed by atoms with E-state index in [-0.39, 0.29) is 17.5 Å². The van der Waals surface area contributed by atoms with Gasteiger partial charge in [-0.1, -0.05) is 17.3 Å². The number of hydrogen-bond donors (Lipinski definition) is 1. The van der Waals surface area contributed by atoms with Crippen molar-refractivity contribution in [2.45, 2.75) is 12.8 Å². The van der Waals surface area contributed by atoms with E-state index in [1.807, 2.05) is 18.2 Å². The highest BCUT2D eigenvalue weighted by atomic mass is 19.1. The smallest absolute Gasteiger partial charge is 0.292 e. The third-order valence-electron chi connectivity index (χ3n) is 4.84. The third kappa shape index (κ3) is 4.32. The lowest BCUT2D eigenvalue weighted by atomic mass is 10.1. The van der Waals surface area contributed by atoms with Gasteiger partial charge in [-0.05, 0) is 29.8 Å². The Morgan fingerprint density at radius 1 is 1.20 bits per heavy atom. The van der Waals surface area contributed by atoms with E-state index >= 15 is 0 Å². The van der Waals surface area contributed by atoms with Crippen molar-refractivity contribution in [3.8, 4) is 5.75 Å². The second kappa shape index (κ2) is 8.36. The molecule has 0 aliphatic carbocycles. The number of ether oxygens (including phenoxy) is 1. The Balaban J connectivity index is 1.36. The molecule has 4 rings (SSSR count). The van der Waals surface area contributed by atoms with Crippen LogP contribution >= 0.6 is 0 Å². The molecule has 0 aliphatic heterocycles. The van der Waals surface area contributed by atoms with Gasteiger partial charge in [-0.25, -0.2) is 9.37 Å². The van der Waals surface area contributed by atoms with Gasteiger partial charge in [-0.15, -0.1) is 0 Å². The van der Waals surface area contributed by atoms with Crippen molar-refractivity contribution in [3.63, 3.8) is 0 Å². The maximum Gasteiger partial charge on any atom is 0.292 e. The summed E-state index contributed by atoms with van der Waals surface area (Å²) in [5, 5.41) is 3.95. The molecule has 1 amide bonds. The first kappa shape index (κ1) is 19.6. The van der Waals surface area contributed by atoms with Gasteiger partial charge in [-0.2, -0.15) is 0 Å². The molecule has 2 heterocycles. The largest absolute Gasteiger partial charge is 0.497 e. The van der Waals surface area contributed by atoms with Gasteiger partial charge in [0.1, 0.15) is 17.4 Å². The number of aromatic amines is 1. The molecule has 0 radical (unpaired) electrons. The number of carbonyl (C=O) groups excluding carboxylic acids is 1. The number of carbonyl (C=O) groups is 1. The molecule has 0 aliphatic rings. The summed E-state index contributed by atoms with van der Waals surface area (Å²) in [6, 6.07) is 13.4. The van der Waals surface area contributed by atoms with E-state index in [1.165, 1.54) is 12.1 Å². The van der Waals surface area contributed by atoms with Gasteiger partial charge in [0.15, 0.2) is 0 Å². The number of fused-ring (bicyclic) bond motifs is 1. The van der Waals surface area contributed by atoms with Crippen molar-refractivity contribution in [2.75, 3.05) is 20.7 Å². The Morgan fingerprint density at radius 3 is 2.77 bits per heavy atom. The fraction of sp³-hybridized carbons (Fsp3) is 0.227. The number of benzene rings is 2. The zero-order valence-electron chi connectivity index (χ0n) is 16.7. The van der Waals surface area contributed by atoms with Crippen molar-refractivity contribution in [1.82, 2.24) is 20.0 Å². The number of halogens is 1. The number of rotatable bonds is 7. The van der Waals surface area contributed by atoms with Gasteiger partial charge in [0.2, 0.25) is 5.76 Å². The molecule has 30 heavy (non-hydrogen) atoms. The van der Waals surface area contributed by atoms with Gasteiger partial charge in [0.25, 0.3) is 5.91 Å². The molecule has 0 spiro atoms. The van der Waals surface area contributed by atoms with Crippen LogP contribution in [0.4, 0.5) is 4.39 Å². The Kier molecular flexibility index (Phi) is 5.47. The summed E-state index contributed by atoms with van der Waals surface area (Å²) >= 11 is 0. The minimum absolute atomic E-state index is 0.170. The minimum Gasteiger partial charge on any atom is -0.497 e. The highest BCUT2D eigenvalue weighted by Crippen LogP contribution is 2.19. The molecule has 4 aromatic rings.